The third-order valence-electron chi connectivity index (χ3n) is 2.29. The Labute approximate surface area is 82.6 Å². The smallest absolute Gasteiger partial charge is 0.154 e. The lowest BCUT2D eigenvalue weighted by Crippen LogP contribution is -2.30. The molecule has 0 bridgehead atoms. The maximum absolute atomic E-state index is 3.93. The zero-order chi connectivity index (χ0) is 10.0. The minimum absolute atomic E-state index is 0.283. The summed E-state index contributed by atoms with van der Waals surface area (Å²) in [5, 5.41) is 11.4. The van der Waals surface area contributed by atoms with Crippen LogP contribution in [-0.2, 0) is 5.54 Å². The van der Waals surface area contributed by atoms with Crippen molar-refractivity contribution in [1.29, 1.82) is 0 Å². The van der Waals surface area contributed by atoms with Gasteiger partial charge in [-0.25, -0.2) is 0 Å². The lowest BCUT2D eigenvalue weighted by atomic mass is 9.95. The van der Waals surface area contributed by atoms with Crippen LogP contribution in [0.4, 0.5) is 0 Å². The Morgan fingerprint density at radius 2 is 1.93 bits per heavy atom. The Morgan fingerprint density at radius 1 is 1.21 bits per heavy atom. The van der Waals surface area contributed by atoms with Crippen LogP contribution in [0.15, 0.2) is 30.3 Å². The Morgan fingerprint density at radius 3 is 2.50 bits per heavy atom. The number of aromatic nitrogens is 4. The lowest BCUT2D eigenvalue weighted by Gasteiger charge is -2.23. The van der Waals surface area contributed by atoms with E-state index in [2.05, 4.69) is 21.7 Å². The van der Waals surface area contributed by atoms with E-state index >= 15 is 0 Å². The molecule has 0 saturated heterocycles. The highest BCUT2D eigenvalue weighted by molar-refractivity contribution is 5.22. The van der Waals surface area contributed by atoms with E-state index in [-0.39, 0.29) is 5.54 Å². The monoisotopic (exact) mass is 187 g/mol. The van der Waals surface area contributed by atoms with Crippen LogP contribution in [0.1, 0.15) is 19.4 Å². The van der Waals surface area contributed by atoms with Crippen LogP contribution in [0.2, 0.25) is 0 Å². The maximum Gasteiger partial charge on any atom is 0.245 e. The van der Waals surface area contributed by atoms with Crippen molar-refractivity contribution in [3.8, 4) is 0 Å². The largest absolute Gasteiger partial charge is 0.245 e. The van der Waals surface area contributed by atoms with Crippen LogP contribution in [0.5, 0.6) is 0 Å². The third-order valence-corrected chi connectivity index (χ3v) is 2.29. The molecule has 14 heavy (non-hydrogen) atoms. The van der Waals surface area contributed by atoms with E-state index in [4.69, 9.17) is 0 Å². The SMILES string of the molecule is CC(C)(c1ccccc1)n1n[c]nn1. The van der Waals surface area contributed by atoms with Crippen molar-refractivity contribution >= 4 is 0 Å². The van der Waals surface area contributed by atoms with Gasteiger partial charge in [0, 0.05) is 0 Å². The van der Waals surface area contributed by atoms with Crippen LogP contribution in [0, 0.1) is 6.33 Å². The number of benzene rings is 1. The van der Waals surface area contributed by atoms with Crippen molar-refractivity contribution in [1.82, 2.24) is 20.2 Å². The Bertz CT molecular complexity index is 391. The lowest BCUT2D eigenvalue weighted by molar-refractivity contribution is 0.336. The molecule has 1 aromatic heterocycles. The van der Waals surface area contributed by atoms with E-state index in [1.807, 2.05) is 44.2 Å². The van der Waals surface area contributed by atoms with Crippen LogP contribution in [0.25, 0.3) is 0 Å². The number of nitrogens with zero attached hydrogens (tertiary/aromatic N) is 4. The maximum atomic E-state index is 3.93. The summed E-state index contributed by atoms with van der Waals surface area (Å²) >= 11 is 0. The molecule has 0 atom stereocenters. The average Bonchev–Trinajstić information content (AvgIpc) is 2.72. The van der Waals surface area contributed by atoms with E-state index in [0.717, 1.165) is 5.56 Å². The molecule has 0 N–H and O–H groups in total. The van der Waals surface area contributed by atoms with Gasteiger partial charge in [-0.3, -0.25) is 0 Å². The molecule has 71 valence electrons. The normalized spacial score (nSPS) is 11.6. The molecule has 0 aliphatic carbocycles. The quantitative estimate of drug-likeness (QED) is 0.710. The summed E-state index contributed by atoms with van der Waals surface area (Å²) in [6.45, 7) is 4.08. The molecular weight excluding hydrogens is 176 g/mol. The van der Waals surface area contributed by atoms with Gasteiger partial charge in [-0.15, -0.1) is 10.2 Å². The van der Waals surface area contributed by atoms with Crippen molar-refractivity contribution in [2.24, 2.45) is 0 Å². The second-order valence-electron chi connectivity index (χ2n) is 3.60. The van der Waals surface area contributed by atoms with E-state index in [1.54, 1.807) is 4.80 Å². The summed E-state index contributed by atoms with van der Waals surface area (Å²) in [6.07, 6.45) is 2.46. The molecule has 1 radical (unpaired) electrons. The fraction of sp³-hybridized carbons (Fsp3) is 0.300. The summed E-state index contributed by atoms with van der Waals surface area (Å²) in [6, 6.07) is 10.1. The molecular formula is C10H11N4. The first-order valence-electron chi connectivity index (χ1n) is 4.43. The molecule has 1 aromatic carbocycles. The van der Waals surface area contributed by atoms with Crippen LogP contribution in [-0.4, -0.2) is 20.2 Å². The zero-order valence-corrected chi connectivity index (χ0v) is 8.18. The summed E-state index contributed by atoms with van der Waals surface area (Å²) in [4.78, 5) is 1.56. The van der Waals surface area contributed by atoms with Gasteiger partial charge in [0.05, 0.1) is 0 Å². The summed E-state index contributed by atoms with van der Waals surface area (Å²) < 4.78 is 0. The molecule has 4 heteroatoms. The summed E-state index contributed by atoms with van der Waals surface area (Å²) in [5.41, 5.74) is 0.861. The van der Waals surface area contributed by atoms with E-state index in [9.17, 15) is 0 Å². The van der Waals surface area contributed by atoms with Gasteiger partial charge in [0.2, 0.25) is 6.33 Å². The van der Waals surface area contributed by atoms with Gasteiger partial charge in [0.25, 0.3) is 0 Å². The Hall–Kier alpha value is -1.71. The molecule has 0 aliphatic rings. The first kappa shape index (κ1) is 8.87. The first-order valence-corrected chi connectivity index (χ1v) is 4.43. The molecule has 0 amide bonds. The molecule has 0 saturated carbocycles. The molecule has 2 rings (SSSR count). The minimum Gasteiger partial charge on any atom is -0.154 e. The number of hydrogen-bond acceptors (Lipinski definition) is 3. The van der Waals surface area contributed by atoms with E-state index in [1.165, 1.54) is 0 Å². The number of hydrogen-bond donors (Lipinski definition) is 0. The fourth-order valence-electron chi connectivity index (χ4n) is 1.34. The average molecular weight is 187 g/mol. The van der Waals surface area contributed by atoms with Crippen molar-refractivity contribution in [2.75, 3.05) is 0 Å². The molecule has 0 unspecified atom stereocenters. The molecule has 0 spiro atoms. The van der Waals surface area contributed by atoms with Gasteiger partial charge in [-0.05, 0) is 24.6 Å². The standard InChI is InChI=1S/C10H11N4/c1-10(2,14-12-8-11-13-14)9-6-4-3-5-7-9/h3-7H,1-2H3. The number of tetrazole rings is 1. The predicted octanol–water partition coefficient (Wildman–Crippen LogP) is 1.26. The second kappa shape index (κ2) is 3.21. The zero-order valence-electron chi connectivity index (χ0n) is 8.18. The summed E-state index contributed by atoms with van der Waals surface area (Å²) in [7, 11) is 0. The molecule has 4 nitrogen and oxygen atoms in total. The number of rotatable bonds is 2. The minimum atomic E-state index is -0.283. The van der Waals surface area contributed by atoms with Gasteiger partial charge in [0.1, 0.15) is 5.54 Å². The van der Waals surface area contributed by atoms with Crippen molar-refractivity contribution in [2.45, 2.75) is 19.4 Å². The van der Waals surface area contributed by atoms with Gasteiger partial charge in [0.15, 0.2) is 0 Å². The summed E-state index contributed by atoms with van der Waals surface area (Å²) in [5.74, 6) is 0. The van der Waals surface area contributed by atoms with Crippen molar-refractivity contribution in [3.05, 3.63) is 42.2 Å². The van der Waals surface area contributed by atoms with Gasteiger partial charge in [-0.2, -0.15) is 4.80 Å². The molecule has 1 heterocycles. The topological polar surface area (TPSA) is 43.6 Å². The van der Waals surface area contributed by atoms with Crippen LogP contribution >= 0.6 is 0 Å². The van der Waals surface area contributed by atoms with Gasteiger partial charge in [-0.1, -0.05) is 30.3 Å². The van der Waals surface area contributed by atoms with E-state index < -0.39 is 0 Å². The van der Waals surface area contributed by atoms with E-state index in [0.29, 0.717) is 0 Å². The predicted molar refractivity (Wildman–Crippen MR) is 51.5 cm³/mol. The van der Waals surface area contributed by atoms with Crippen LogP contribution in [0.3, 0.4) is 0 Å². The molecule has 2 aromatic rings. The van der Waals surface area contributed by atoms with Gasteiger partial charge < -0.3 is 0 Å². The third kappa shape index (κ3) is 1.39. The van der Waals surface area contributed by atoms with Crippen LogP contribution < -0.4 is 0 Å². The highest BCUT2D eigenvalue weighted by Gasteiger charge is 2.24. The second-order valence-corrected chi connectivity index (χ2v) is 3.60. The van der Waals surface area contributed by atoms with Crippen molar-refractivity contribution in [3.63, 3.8) is 0 Å². The fourth-order valence-corrected chi connectivity index (χ4v) is 1.34. The Kier molecular flexibility index (Phi) is 2.04. The first-order chi connectivity index (χ1) is 6.71. The van der Waals surface area contributed by atoms with Crippen molar-refractivity contribution < 1.29 is 0 Å². The molecule has 0 aliphatic heterocycles. The molecule has 0 fully saturated rings. The Balaban J connectivity index is 2.43. The van der Waals surface area contributed by atoms with Gasteiger partial charge >= 0.3 is 0 Å². The highest BCUT2D eigenvalue weighted by Crippen LogP contribution is 2.22. The highest BCUT2D eigenvalue weighted by atomic mass is 15.6.